The summed E-state index contributed by atoms with van der Waals surface area (Å²) in [6.45, 7) is 0.563. The van der Waals surface area contributed by atoms with Gasteiger partial charge < -0.3 is 9.67 Å². The van der Waals surface area contributed by atoms with Crippen molar-refractivity contribution >= 4 is 23.4 Å². The Labute approximate surface area is 126 Å². The van der Waals surface area contributed by atoms with Crippen LogP contribution in [0.3, 0.4) is 0 Å². The standard InChI is InChI=1S/C16H15NO3S/c18-15-6-5-12-2-1-3-14(12)17(15)9-13-8-11(10-21-13)4-7-16(19)20/h4-8,10H,1-3,9H2,(H,19,20)/b7-4+. The zero-order valence-electron chi connectivity index (χ0n) is 11.4. The number of thiophene rings is 1. The molecule has 108 valence electrons. The minimum Gasteiger partial charge on any atom is -0.478 e. The summed E-state index contributed by atoms with van der Waals surface area (Å²) in [5.74, 6) is -0.958. The lowest BCUT2D eigenvalue weighted by Crippen LogP contribution is -2.22. The molecule has 5 heteroatoms. The van der Waals surface area contributed by atoms with Crippen LogP contribution >= 0.6 is 11.3 Å². The molecule has 0 fully saturated rings. The minimum atomic E-state index is -0.958. The van der Waals surface area contributed by atoms with Gasteiger partial charge in [-0.2, -0.15) is 0 Å². The van der Waals surface area contributed by atoms with E-state index in [0.717, 1.165) is 41.5 Å². The molecule has 1 N–H and O–H groups in total. The fourth-order valence-electron chi connectivity index (χ4n) is 2.70. The van der Waals surface area contributed by atoms with Gasteiger partial charge in [0.15, 0.2) is 0 Å². The predicted molar refractivity (Wildman–Crippen MR) is 82.8 cm³/mol. The molecule has 0 spiro atoms. The van der Waals surface area contributed by atoms with Crippen LogP contribution in [-0.4, -0.2) is 15.6 Å². The summed E-state index contributed by atoms with van der Waals surface area (Å²) in [6, 6.07) is 5.52. The largest absolute Gasteiger partial charge is 0.478 e. The van der Waals surface area contributed by atoms with Gasteiger partial charge in [-0.3, -0.25) is 4.79 Å². The van der Waals surface area contributed by atoms with Gasteiger partial charge in [-0.15, -0.1) is 11.3 Å². The van der Waals surface area contributed by atoms with Crippen LogP contribution in [0.5, 0.6) is 0 Å². The zero-order valence-corrected chi connectivity index (χ0v) is 12.2. The highest BCUT2D eigenvalue weighted by Crippen LogP contribution is 2.22. The Morgan fingerprint density at radius 3 is 3.05 bits per heavy atom. The number of aliphatic carboxylic acids is 1. The van der Waals surface area contributed by atoms with Gasteiger partial charge in [0.2, 0.25) is 0 Å². The lowest BCUT2D eigenvalue weighted by molar-refractivity contribution is -0.131. The fourth-order valence-corrected chi connectivity index (χ4v) is 3.54. The van der Waals surface area contributed by atoms with Gasteiger partial charge in [0, 0.05) is 22.7 Å². The van der Waals surface area contributed by atoms with E-state index < -0.39 is 5.97 Å². The molecule has 0 saturated heterocycles. The number of rotatable bonds is 4. The van der Waals surface area contributed by atoms with Gasteiger partial charge in [0.1, 0.15) is 0 Å². The van der Waals surface area contributed by atoms with Crippen molar-refractivity contribution in [2.24, 2.45) is 0 Å². The second kappa shape index (κ2) is 5.69. The third-order valence-electron chi connectivity index (χ3n) is 3.66. The molecule has 1 aliphatic rings. The molecular weight excluding hydrogens is 286 g/mol. The van der Waals surface area contributed by atoms with Crippen molar-refractivity contribution in [1.82, 2.24) is 4.57 Å². The molecule has 0 bridgehead atoms. The highest BCUT2D eigenvalue weighted by atomic mass is 32.1. The van der Waals surface area contributed by atoms with Crippen molar-refractivity contribution in [3.8, 4) is 0 Å². The van der Waals surface area contributed by atoms with Crippen LogP contribution in [-0.2, 0) is 24.2 Å². The molecule has 0 unspecified atom stereocenters. The summed E-state index contributed by atoms with van der Waals surface area (Å²) in [6.07, 6.45) is 5.81. The molecule has 0 saturated carbocycles. The third kappa shape index (κ3) is 2.97. The summed E-state index contributed by atoms with van der Waals surface area (Å²) >= 11 is 1.55. The molecule has 0 aliphatic heterocycles. The molecule has 1 aliphatic carbocycles. The van der Waals surface area contributed by atoms with Gasteiger partial charge in [-0.05, 0) is 47.9 Å². The molecule has 2 aromatic heterocycles. The number of aryl methyl sites for hydroxylation is 1. The van der Waals surface area contributed by atoms with Crippen LogP contribution in [0.15, 0.2) is 34.4 Å². The maximum atomic E-state index is 12.1. The SMILES string of the molecule is O=C(O)/C=C/c1csc(Cn2c3c(ccc2=O)CCC3)c1. The second-order valence-corrected chi connectivity index (χ2v) is 6.10. The number of pyridine rings is 1. The van der Waals surface area contributed by atoms with Crippen LogP contribution in [0.1, 0.15) is 28.1 Å². The van der Waals surface area contributed by atoms with Crippen LogP contribution in [0, 0.1) is 0 Å². The highest BCUT2D eigenvalue weighted by molar-refractivity contribution is 7.10. The second-order valence-electron chi connectivity index (χ2n) is 5.10. The maximum Gasteiger partial charge on any atom is 0.328 e. The molecule has 0 radical (unpaired) electrons. The Hall–Kier alpha value is -2.14. The number of hydrogen-bond donors (Lipinski definition) is 1. The molecule has 0 atom stereocenters. The van der Waals surface area contributed by atoms with E-state index in [0.29, 0.717) is 6.54 Å². The quantitative estimate of drug-likeness (QED) is 0.883. The van der Waals surface area contributed by atoms with Gasteiger partial charge in [-0.25, -0.2) is 4.79 Å². The summed E-state index contributed by atoms with van der Waals surface area (Å²) in [4.78, 5) is 23.7. The minimum absolute atomic E-state index is 0.0340. The molecule has 21 heavy (non-hydrogen) atoms. The smallest absolute Gasteiger partial charge is 0.328 e. The Balaban J connectivity index is 1.87. The van der Waals surface area contributed by atoms with E-state index in [2.05, 4.69) is 0 Å². The number of carbonyl (C=O) groups is 1. The number of fused-ring (bicyclic) bond motifs is 1. The topological polar surface area (TPSA) is 59.3 Å². The van der Waals surface area contributed by atoms with Gasteiger partial charge in [-0.1, -0.05) is 6.07 Å². The molecule has 2 aromatic rings. The van der Waals surface area contributed by atoms with E-state index in [1.165, 1.54) is 5.56 Å². The van der Waals surface area contributed by atoms with Crippen LogP contribution in [0.4, 0.5) is 0 Å². The molecule has 4 nitrogen and oxygen atoms in total. The normalized spacial score (nSPS) is 13.7. The first-order valence-electron chi connectivity index (χ1n) is 6.83. The maximum absolute atomic E-state index is 12.1. The average Bonchev–Trinajstić information content (AvgIpc) is 3.08. The molecular formula is C16H15NO3S. The lowest BCUT2D eigenvalue weighted by Gasteiger charge is -2.10. The van der Waals surface area contributed by atoms with Gasteiger partial charge in [0.25, 0.3) is 5.56 Å². The van der Waals surface area contributed by atoms with E-state index >= 15 is 0 Å². The summed E-state index contributed by atoms with van der Waals surface area (Å²) < 4.78 is 1.85. The van der Waals surface area contributed by atoms with E-state index in [4.69, 9.17) is 5.11 Å². The van der Waals surface area contributed by atoms with Gasteiger partial charge in [0.05, 0.1) is 6.54 Å². The fraction of sp³-hybridized carbons (Fsp3) is 0.250. The number of hydrogen-bond acceptors (Lipinski definition) is 3. The molecule has 3 rings (SSSR count). The third-order valence-corrected chi connectivity index (χ3v) is 4.60. The summed E-state index contributed by atoms with van der Waals surface area (Å²) in [5.41, 5.74) is 3.32. The van der Waals surface area contributed by atoms with Crippen LogP contribution in [0.2, 0.25) is 0 Å². The van der Waals surface area contributed by atoms with Crippen molar-refractivity contribution in [1.29, 1.82) is 0 Å². The van der Waals surface area contributed by atoms with Crippen molar-refractivity contribution in [2.45, 2.75) is 25.8 Å². The predicted octanol–water partition coefficient (Wildman–Crippen LogP) is 2.54. The first-order chi connectivity index (χ1) is 10.1. The summed E-state index contributed by atoms with van der Waals surface area (Å²) in [5, 5.41) is 10.5. The number of nitrogens with zero attached hydrogens (tertiary/aromatic N) is 1. The van der Waals surface area contributed by atoms with E-state index in [9.17, 15) is 9.59 Å². The van der Waals surface area contributed by atoms with E-state index in [1.54, 1.807) is 23.5 Å². The first kappa shape index (κ1) is 13.8. The van der Waals surface area contributed by atoms with E-state index in [1.807, 2.05) is 22.1 Å². The molecule has 0 amide bonds. The van der Waals surface area contributed by atoms with E-state index in [-0.39, 0.29) is 5.56 Å². The van der Waals surface area contributed by atoms with Crippen molar-refractivity contribution in [2.75, 3.05) is 0 Å². The average molecular weight is 301 g/mol. The molecule has 2 heterocycles. The van der Waals surface area contributed by atoms with Crippen molar-refractivity contribution < 1.29 is 9.90 Å². The highest BCUT2D eigenvalue weighted by Gasteiger charge is 2.16. The summed E-state index contributed by atoms with van der Waals surface area (Å²) in [7, 11) is 0. The Bertz CT molecular complexity index is 770. The van der Waals surface area contributed by atoms with Crippen LogP contribution < -0.4 is 5.56 Å². The number of carboxylic acid groups (broad SMARTS) is 1. The monoisotopic (exact) mass is 301 g/mol. The van der Waals surface area contributed by atoms with Crippen molar-refractivity contribution in [3.05, 3.63) is 61.7 Å². The molecule has 0 aromatic carbocycles. The van der Waals surface area contributed by atoms with Gasteiger partial charge >= 0.3 is 5.97 Å². The lowest BCUT2D eigenvalue weighted by atomic mass is 10.2. The van der Waals surface area contributed by atoms with Crippen LogP contribution in [0.25, 0.3) is 6.08 Å². The Morgan fingerprint density at radius 2 is 2.24 bits per heavy atom. The Morgan fingerprint density at radius 1 is 1.38 bits per heavy atom. The number of carboxylic acids is 1. The number of aromatic nitrogens is 1. The zero-order chi connectivity index (χ0) is 14.8. The first-order valence-corrected chi connectivity index (χ1v) is 7.71. The Kier molecular flexibility index (Phi) is 3.75. The van der Waals surface area contributed by atoms with Crippen molar-refractivity contribution in [3.63, 3.8) is 0 Å².